The van der Waals surface area contributed by atoms with Gasteiger partial charge in [-0.05, 0) is 47.7 Å². The summed E-state index contributed by atoms with van der Waals surface area (Å²) in [7, 11) is -2.63. The number of anilines is 1. The molecule has 1 heterocycles. The van der Waals surface area contributed by atoms with Crippen LogP contribution in [0.1, 0.15) is 11.1 Å². The van der Waals surface area contributed by atoms with Crippen LogP contribution in [0.4, 0.5) is 10.5 Å². The van der Waals surface area contributed by atoms with Crippen molar-refractivity contribution in [3.05, 3.63) is 107 Å². The number of rotatable bonds is 7. The predicted molar refractivity (Wildman–Crippen MR) is 142 cm³/mol. The van der Waals surface area contributed by atoms with E-state index in [0.29, 0.717) is 22.0 Å². The number of likely N-dealkylation sites (N-methyl/N-ethyl adjacent to an activating group) is 1. The van der Waals surface area contributed by atoms with E-state index in [1.807, 2.05) is 10.8 Å². The Balaban J connectivity index is 1.60. The van der Waals surface area contributed by atoms with Gasteiger partial charge in [-0.1, -0.05) is 54.6 Å². The van der Waals surface area contributed by atoms with Gasteiger partial charge in [-0.3, -0.25) is 9.59 Å². The molecular formula is C27H26N4O5S. The van der Waals surface area contributed by atoms with Crippen molar-refractivity contribution in [2.45, 2.75) is 24.3 Å². The fourth-order valence-corrected chi connectivity index (χ4v) is 5.18. The lowest BCUT2D eigenvalue weighted by Crippen LogP contribution is -2.52. The summed E-state index contributed by atoms with van der Waals surface area (Å²) in [5, 5.41) is 3.65. The number of hydrogen-bond donors (Lipinski definition) is 3. The minimum atomic E-state index is -4.16. The Morgan fingerprint density at radius 2 is 1.68 bits per heavy atom. The zero-order valence-electron chi connectivity index (χ0n) is 20.3. The molecule has 3 aromatic carbocycles. The van der Waals surface area contributed by atoms with Gasteiger partial charge in [-0.25, -0.2) is 17.9 Å². The molecule has 0 saturated carbocycles. The van der Waals surface area contributed by atoms with Crippen LogP contribution in [0.15, 0.2) is 94.7 Å². The average molecular weight is 519 g/mol. The van der Waals surface area contributed by atoms with E-state index in [2.05, 4.69) is 10.3 Å². The highest BCUT2D eigenvalue weighted by molar-refractivity contribution is 7.90. The Labute approximate surface area is 214 Å². The topological polar surface area (TPSA) is 128 Å². The summed E-state index contributed by atoms with van der Waals surface area (Å²) >= 11 is 0. The molecule has 0 saturated heterocycles. The van der Waals surface area contributed by atoms with E-state index in [-0.39, 0.29) is 16.9 Å². The fraction of sp³-hybridized carbons (Fsp3) is 0.148. The third-order valence-corrected chi connectivity index (χ3v) is 7.46. The molecule has 0 aliphatic heterocycles. The first-order chi connectivity index (χ1) is 17.7. The zero-order valence-corrected chi connectivity index (χ0v) is 21.1. The second kappa shape index (κ2) is 10.7. The molecule has 1 aromatic heterocycles. The maximum absolute atomic E-state index is 13.5. The molecule has 4 aromatic rings. The lowest BCUT2D eigenvalue weighted by molar-refractivity contribution is -0.120. The number of sulfonamides is 1. The molecule has 0 unspecified atom stereocenters. The van der Waals surface area contributed by atoms with Gasteiger partial charge in [0.1, 0.15) is 6.04 Å². The minimum absolute atomic E-state index is 0.0328. The molecule has 0 fully saturated rings. The lowest BCUT2D eigenvalue weighted by Gasteiger charge is -2.25. The molecule has 10 heteroatoms. The largest absolute Gasteiger partial charge is 0.329 e. The Hall–Kier alpha value is -4.44. The summed E-state index contributed by atoms with van der Waals surface area (Å²) in [6, 6.07) is 20.0. The van der Waals surface area contributed by atoms with Crippen molar-refractivity contribution in [3.8, 4) is 0 Å². The number of aromatic nitrogens is 1. The van der Waals surface area contributed by atoms with Crippen LogP contribution in [0.25, 0.3) is 10.8 Å². The summed E-state index contributed by atoms with van der Waals surface area (Å²) in [6.45, 7) is 1.62. The molecule has 0 spiro atoms. The number of urea groups is 1. The van der Waals surface area contributed by atoms with Gasteiger partial charge in [0.2, 0.25) is 5.91 Å². The molecular weight excluding hydrogens is 492 g/mol. The van der Waals surface area contributed by atoms with Crippen molar-refractivity contribution >= 4 is 38.4 Å². The molecule has 0 radical (unpaired) electrons. The van der Waals surface area contributed by atoms with E-state index in [0.717, 1.165) is 5.56 Å². The molecule has 0 bridgehead atoms. The average Bonchev–Trinajstić information content (AvgIpc) is 2.88. The van der Waals surface area contributed by atoms with Crippen molar-refractivity contribution in [1.82, 2.24) is 15.0 Å². The molecule has 0 aliphatic rings. The van der Waals surface area contributed by atoms with E-state index in [9.17, 15) is 22.8 Å². The quantitative estimate of drug-likeness (QED) is 0.346. The van der Waals surface area contributed by atoms with Crippen LogP contribution in [0, 0.1) is 6.92 Å². The van der Waals surface area contributed by atoms with Crippen LogP contribution in [0.2, 0.25) is 0 Å². The number of benzene rings is 3. The number of H-pyrrole nitrogens is 1. The molecule has 3 amide bonds. The maximum Gasteiger partial charge on any atom is 0.329 e. The Kier molecular flexibility index (Phi) is 7.40. The Morgan fingerprint density at radius 1 is 0.973 bits per heavy atom. The van der Waals surface area contributed by atoms with Gasteiger partial charge in [0.15, 0.2) is 0 Å². The molecule has 3 N–H and O–H groups in total. The summed E-state index contributed by atoms with van der Waals surface area (Å²) in [5.74, 6) is -0.487. The van der Waals surface area contributed by atoms with Crippen molar-refractivity contribution in [2.24, 2.45) is 0 Å². The van der Waals surface area contributed by atoms with Gasteiger partial charge in [0, 0.05) is 30.7 Å². The van der Waals surface area contributed by atoms with Crippen LogP contribution in [-0.2, 0) is 21.2 Å². The van der Waals surface area contributed by atoms with E-state index in [4.69, 9.17) is 0 Å². The van der Waals surface area contributed by atoms with Gasteiger partial charge in [-0.2, -0.15) is 0 Å². The van der Waals surface area contributed by atoms with E-state index in [1.54, 1.807) is 79.9 Å². The first-order valence-corrected chi connectivity index (χ1v) is 13.0. The highest BCUT2D eigenvalue weighted by atomic mass is 32.2. The third-order valence-electron chi connectivity index (χ3n) is 5.97. The number of amides is 3. The summed E-state index contributed by atoms with van der Waals surface area (Å²) < 4.78 is 27.6. The number of pyridine rings is 1. The SMILES string of the molecule is Cc1ccccc1S(=O)(=O)NC(=O)N[C@@H](Cc1ccccc1)C(=O)N(C)c1ccc2cc[nH]c(=O)c2c1. The standard InChI is InChI=1S/C27H26N4O5S/c1-18-8-6-7-11-24(18)37(35,36)30-27(34)29-23(16-19-9-4-3-5-10-19)26(33)31(2)21-13-12-20-14-15-28-25(32)22(20)17-21/h3-15,17,23H,16H2,1-2H3,(H,28,32)(H2,29,30,34)/t23-/m0/s1. The second-order valence-corrected chi connectivity index (χ2v) is 10.2. The monoisotopic (exact) mass is 518 g/mol. The third kappa shape index (κ3) is 5.87. The number of aromatic amines is 1. The predicted octanol–water partition coefficient (Wildman–Crippen LogP) is 3.10. The van der Waals surface area contributed by atoms with Crippen molar-refractivity contribution in [1.29, 1.82) is 0 Å². The van der Waals surface area contributed by atoms with Gasteiger partial charge in [-0.15, -0.1) is 0 Å². The molecule has 0 aliphatic carbocycles. The number of carbonyl (C=O) groups excluding carboxylic acids is 2. The molecule has 4 rings (SSSR count). The van der Waals surface area contributed by atoms with Gasteiger partial charge >= 0.3 is 6.03 Å². The van der Waals surface area contributed by atoms with E-state index >= 15 is 0 Å². The van der Waals surface area contributed by atoms with Crippen molar-refractivity contribution in [2.75, 3.05) is 11.9 Å². The molecule has 1 atom stereocenters. The van der Waals surface area contributed by atoms with Crippen molar-refractivity contribution in [3.63, 3.8) is 0 Å². The number of hydrogen-bond acceptors (Lipinski definition) is 5. The summed E-state index contributed by atoms with van der Waals surface area (Å²) in [4.78, 5) is 42.5. The molecule has 37 heavy (non-hydrogen) atoms. The number of nitrogens with one attached hydrogen (secondary N) is 3. The first kappa shape index (κ1) is 25.6. The zero-order chi connectivity index (χ0) is 26.6. The smallest absolute Gasteiger partial charge is 0.329 e. The number of aryl methyl sites for hydroxylation is 1. The van der Waals surface area contributed by atoms with Crippen LogP contribution in [-0.4, -0.2) is 38.4 Å². The Morgan fingerprint density at radius 3 is 2.41 bits per heavy atom. The van der Waals surface area contributed by atoms with E-state index in [1.165, 1.54) is 18.0 Å². The van der Waals surface area contributed by atoms with Gasteiger partial charge in [0.25, 0.3) is 15.6 Å². The van der Waals surface area contributed by atoms with Crippen LogP contribution >= 0.6 is 0 Å². The normalized spacial score (nSPS) is 12.1. The second-order valence-electron chi connectivity index (χ2n) is 8.56. The minimum Gasteiger partial charge on any atom is -0.329 e. The molecule has 190 valence electrons. The highest BCUT2D eigenvalue weighted by Crippen LogP contribution is 2.20. The highest BCUT2D eigenvalue weighted by Gasteiger charge is 2.28. The number of fused-ring (bicyclic) bond motifs is 1. The molecule has 9 nitrogen and oxygen atoms in total. The van der Waals surface area contributed by atoms with Crippen LogP contribution in [0.5, 0.6) is 0 Å². The van der Waals surface area contributed by atoms with Gasteiger partial charge < -0.3 is 15.2 Å². The van der Waals surface area contributed by atoms with Crippen LogP contribution in [0.3, 0.4) is 0 Å². The van der Waals surface area contributed by atoms with Crippen LogP contribution < -0.4 is 20.5 Å². The van der Waals surface area contributed by atoms with Gasteiger partial charge in [0.05, 0.1) is 4.90 Å². The number of carbonyl (C=O) groups is 2. The maximum atomic E-state index is 13.5. The summed E-state index contributed by atoms with van der Waals surface area (Å²) in [6.07, 6.45) is 1.67. The van der Waals surface area contributed by atoms with Crippen molar-refractivity contribution < 1.29 is 18.0 Å². The first-order valence-electron chi connectivity index (χ1n) is 11.5. The Bertz CT molecular complexity index is 1620. The van der Waals surface area contributed by atoms with E-state index < -0.39 is 28.0 Å². The fourth-order valence-electron chi connectivity index (χ4n) is 4.01. The summed E-state index contributed by atoms with van der Waals surface area (Å²) in [5.41, 5.74) is 1.40. The lowest BCUT2D eigenvalue weighted by atomic mass is 10.0. The number of nitrogens with zero attached hydrogens (tertiary/aromatic N) is 1.